The first-order valence-corrected chi connectivity index (χ1v) is 9.19. The summed E-state index contributed by atoms with van der Waals surface area (Å²) in [4.78, 5) is 27.7. The predicted molar refractivity (Wildman–Crippen MR) is 95.6 cm³/mol. The van der Waals surface area contributed by atoms with Crippen molar-refractivity contribution in [3.05, 3.63) is 51.1 Å². The lowest BCUT2D eigenvalue weighted by Gasteiger charge is -2.16. The lowest BCUT2D eigenvalue weighted by Crippen LogP contribution is -2.37. The molecule has 1 aliphatic heterocycles. The van der Waals surface area contributed by atoms with Gasteiger partial charge in [0.15, 0.2) is 0 Å². The van der Waals surface area contributed by atoms with Gasteiger partial charge in [-0.2, -0.15) is 0 Å². The number of halogens is 1. The molecule has 0 spiro atoms. The number of amides is 2. The average Bonchev–Trinajstić information content (AvgIpc) is 3.18. The van der Waals surface area contributed by atoms with Crippen LogP contribution in [0.3, 0.4) is 0 Å². The molecule has 1 N–H and O–H groups in total. The zero-order valence-electron chi connectivity index (χ0n) is 12.5. The van der Waals surface area contributed by atoms with Gasteiger partial charge in [-0.15, -0.1) is 11.3 Å². The van der Waals surface area contributed by atoms with Gasteiger partial charge in [0, 0.05) is 28.1 Å². The fourth-order valence-electron chi connectivity index (χ4n) is 2.69. The smallest absolute Gasteiger partial charge is 0.239 e. The van der Waals surface area contributed by atoms with E-state index in [1.165, 1.54) is 4.88 Å². The first-order chi connectivity index (χ1) is 11.1. The van der Waals surface area contributed by atoms with Crippen LogP contribution in [-0.4, -0.2) is 24.9 Å². The molecule has 1 aromatic heterocycles. The van der Waals surface area contributed by atoms with E-state index in [-0.39, 0.29) is 11.8 Å². The standard InChI is InChI=1S/C17H17BrN2O2S/c18-12-3-5-13(6-4-12)20-10-8-15(17(20)22)16(21)19-9-7-14-2-1-11-23-14/h1-6,11,15H,7-10H2,(H,19,21). The summed E-state index contributed by atoms with van der Waals surface area (Å²) >= 11 is 5.06. The van der Waals surface area contributed by atoms with Crippen LogP contribution in [0.15, 0.2) is 46.3 Å². The van der Waals surface area contributed by atoms with Crippen molar-refractivity contribution < 1.29 is 9.59 Å². The highest BCUT2D eigenvalue weighted by atomic mass is 79.9. The Balaban J connectivity index is 1.55. The van der Waals surface area contributed by atoms with E-state index in [4.69, 9.17) is 0 Å². The quantitative estimate of drug-likeness (QED) is 0.794. The van der Waals surface area contributed by atoms with Gasteiger partial charge in [-0.25, -0.2) is 0 Å². The van der Waals surface area contributed by atoms with Crippen LogP contribution in [0.2, 0.25) is 0 Å². The molecular formula is C17H17BrN2O2S. The highest BCUT2D eigenvalue weighted by molar-refractivity contribution is 9.10. The normalized spacial score (nSPS) is 17.5. The van der Waals surface area contributed by atoms with Crippen LogP contribution in [-0.2, 0) is 16.0 Å². The second-order valence-corrected chi connectivity index (χ2v) is 7.38. The molecule has 1 unspecified atom stereocenters. The van der Waals surface area contributed by atoms with Crippen LogP contribution >= 0.6 is 27.3 Å². The predicted octanol–water partition coefficient (Wildman–Crippen LogP) is 3.22. The van der Waals surface area contributed by atoms with E-state index >= 15 is 0 Å². The van der Waals surface area contributed by atoms with Crippen molar-refractivity contribution in [1.29, 1.82) is 0 Å². The van der Waals surface area contributed by atoms with Crippen LogP contribution in [0.25, 0.3) is 0 Å². The second kappa shape index (κ2) is 7.27. The van der Waals surface area contributed by atoms with Crippen molar-refractivity contribution in [3.8, 4) is 0 Å². The van der Waals surface area contributed by atoms with Crippen molar-refractivity contribution in [3.63, 3.8) is 0 Å². The van der Waals surface area contributed by atoms with Gasteiger partial charge in [0.25, 0.3) is 0 Å². The zero-order valence-corrected chi connectivity index (χ0v) is 14.9. The minimum absolute atomic E-state index is 0.110. The molecular weight excluding hydrogens is 376 g/mol. The third-order valence-electron chi connectivity index (χ3n) is 3.91. The molecule has 0 bridgehead atoms. The summed E-state index contributed by atoms with van der Waals surface area (Å²) in [7, 11) is 0. The van der Waals surface area contributed by atoms with Crippen molar-refractivity contribution in [2.45, 2.75) is 12.8 Å². The van der Waals surface area contributed by atoms with Crippen LogP contribution in [0.1, 0.15) is 11.3 Å². The third-order valence-corrected chi connectivity index (χ3v) is 5.38. The summed E-state index contributed by atoms with van der Waals surface area (Å²) in [6.45, 7) is 1.16. The molecule has 0 aliphatic carbocycles. The molecule has 2 amide bonds. The third kappa shape index (κ3) is 3.82. The fourth-order valence-corrected chi connectivity index (χ4v) is 3.66. The largest absolute Gasteiger partial charge is 0.355 e. The molecule has 3 rings (SSSR count). The maximum Gasteiger partial charge on any atom is 0.239 e. The Kier molecular flexibility index (Phi) is 5.13. The number of carbonyl (C=O) groups is 2. The molecule has 0 saturated carbocycles. The van der Waals surface area contributed by atoms with Crippen LogP contribution in [0.5, 0.6) is 0 Å². The molecule has 1 atom stereocenters. The number of hydrogen-bond acceptors (Lipinski definition) is 3. The number of nitrogens with zero attached hydrogens (tertiary/aromatic N) is 1. The highest BCUT2D eigenvalue weighted by Crippen LogP contribution is 2.26. The number of anilines is 1. The Labute approximate surface area is 147 Å². The Bertz CT molecular complexity index is 685. The summed E-state index contributed by atoms with van der Waals surface area (Å²) in [6.07, 6.45) is 1.38. The van der Waals surface area contributed by atoms with Crippen molar-refractivity contribution in [1.82, 2.24) is 5.32 Å². The lowest BCUT2D eigenvalue weighted by molar-refractivity contribution is -0.132. The van der Waals surface area contributed by atoms with Gasteiger partial charge in [0.05, 0.1) is 0 Å². The topological polar surface area (TPSA) is 49.4 Å². The van der Waals surface area contributed by atoms with E-state index in [1.807, 2.05) is 41.8 Å². The van der Waals surface area contributed by atoms with E-state index < -0.39 is 5.92 Å². The highest BCUT2D eigenvalue weighted by Gasteiger charge is 2.37. The van der Waals surface area contributed by atoms with E-state index in [0.29, 0.717) is 19.5 Å². The average molecular weight is 393 g/mol. The van der Waals surface area contributed by atoms with Gasteiger partial charge in [-0.1, -0.05) is 22.0 Å². The summed E-state index contributed by atoms with van der Waals surface area (Å²) in [5.41, 5.74) is 0.840. The Morgan fingerprint density at radius 3 is 2.78 bits per heavy atom. The maximum atomic E-state index is 12.5. The van der Waals surface area contributed by atoms with Gasteiger partial charge < -0.3 is 10.2 Å². The zero-order chi connectivity index (χ0) is 16.2. The number of nitrogens with one attached hydrogen (secondary N) is 1. The van der Waals surface area contributed by atoms with Gasteiger partial charge in [-0.05, 0) is 48.6 Å². The molecule has 0 radical (unpaired) electrons. The van der Waals surface area contributed by atoms with Crippen molar-refractivity contribution >= 4 is 44.8 Å². The summed E-state index contributed by atoms with van der Waals surface area (Å²) in [6, 6.07) is 11.6. The number of hydrogen-bond donors (Lipinski definition) is 1. The maximum absolute atomic E-state index is 12.5. The Morgan fingerprint density at radius 1 is 1.30 bits per heavy atom. The number of carbonyl (C=O) groups excluding carboxylic acids is 2. The van der Waals surface area contributed by atoms with Crippen molar-refractivity contribution in [2.75, 3.05) is 18.0 Å². The van der Waals surface area contributed by atoms with Gasteiger partial charge in [0.2, 0.25) is 11.8 Å². The Hall–Kier alpha value is -1.66. The Morgan fingerprint density at radius 2 is 2.09 bits per heavy atom. The summed E-state index contributed by atoms with van der Waals surface area (Å²) < 4.78 is 0.968. The minimum Gasteiger partial charge on any atom is -0.355 e. The second-order valence-electron chi connectivity index (χ2n) is 5.43. The summed E-state index contributed by atoms with van der Waals surface area (Å²) in [5, 5.41) is 4.91. The molecule has 120 valence electrons. The van der Waals surface area contributed by atoms with E-state index in [2.05, 4.69) is 21.2 Å². The molecule has 2 heterocycles. The number of rotatable bonds is 5. The van der Waals surface area contributed by atoms with Gasteiger partial charge in [-0.3, -0.25) is 9.59 Å². The van der Waals surface area contributed by atoms with Crippen LogP contribution < -0.4 is 10.2 Å². The van der Waals surface area contributed by atoms with E-state index in [9.17, 15) is 9.59 Å². The minimum atomic E-state index is -0.568. The monoisotopic (exact) mass is 392 g/mol. The number of benzene rings is 1. The first-order valence-electron chi connectivity index (χ1n) is 7.52. The van der Waals surface area contributed by atoms with Crippen molar-refractivity contribution in [2.24, 2.45) is 5.92 Å². The number of thiophene rings is 1. The SMILES string of the molecule is O=C(NCCc1cccs1)C1CCN(c2ccc(Br)cc2)C1=O. The van der Waals surface area contributed by atoms with E-state index in [1.54, 1.807) is 16.2 Å². The summed E-state index contributed by atoms with van der Waals surface area (Å²) in [5.74, 6) is -0.839. The molecule has 1 saturated heterocycles. The van der Waals surface area contributed by atoms with Crippen LogP contribution in [0.4, 0.5) is 5.69 Å². The molecule has 1 fully saturated rings. The molecule has 23 heavy (non-hydrogen) atoms. The first kappa shape index (κ1) is 16.2. The van der Waals surface area contributed by atoms with Gasteiger partial charge in [0.1, 0.15) is 5.92 Å². The van der Waals surface area contributed by atoms with Crippen LogP contribution in [0, 0.1) is 5.92 Å². The molecule has 4 nitrogen and oxygen atoms in total. The molecule has 1 aromatic carbocycles. The molecule has 6 heteroatoms. The van der Waals surface area contributed by atoms with E-state index in [0.717, 1.165) is 16.6 Å². The van der Waals surface area contributed by atoms with Gasteiger partial charge >= 0.3 is 0 Å². The molecule has 2 aromatic rings. The molecule has 1 aliphatic rings. The lowest BCUT2D eigenvalue weighted by atomic mass is 10.1. The fraction of sp³-hybridized carbons (Fsp3) is 0.294.